The summed E-state index contributed by atoms with van der Waals surface area (Å²) in [6.45, 7) is 5.89. The van der Waals surface area contributed by atoms with Crippen molar-refractivity contribution in [2.75, 3.05) is 32.8 Å². The second kappa shape index (κ2) is 5.74. The summed E-state index contributed by atoms with van der Waals surface area (Å²) in [7, 11) is 0. The molecule has 1 fully saturated rings. The quantitative estimate of drug-likeness (QED) is 0.904. The number of aromatic nitrogens is 1. The Bertz CT molecular complexity index is 544. The highest BCUT2D eigenvalue weighted by Gasteiger charge is 2.11. The highest BCUT2D eigenvalue weighted by Crippen LogP contribution is 2.20. The summed E-state index contributed by atoms with van der Waals surface area (Å²) in [5.74, 6) is 0. The van der Waals surface area contributed by atoms with Gasteiger partial charge in [-0.2, -0.15) is 0 Å². The largest absolute Gasteiger partial charge is 0.392 e. The number of rotatable bonds is 4. The monoisotopic (exact) mass is 260 g/mol. The number of hydrogen-bond acceptors (Lipinski definition) is 3. The molecule has 0 atom stereocenters. The Balaban J connectivity index is 1.74. The van der Waals surface area contributed by atoms with Crippen LogP contribution >= 0.6 is 0 Å². The van der Waals surface area contributed by atoms with Crippen LogP contribution in [0, 0.1) is 0 Å². The van der Waals surface area contributed by atoms with Crippen molar-refractivity contribution < 1.29 is 9.84 Å². The van der Waals surface area contributed by atoms with Crippen LogP contribution in [-0.4, -0.2) is 47.4 Å². The molecule has 3 rings (SSSR count). The Morgan fingerprint density at radius 1 is 1.11 bits per heavy atom. The minimum atomic E-state index is 0.102. The van der Waals surface area contributed by atoms with Gasteiger partial charge in [-0.1, -0.05) is 12.1 Å². The lowest BCUT2D eigenvalue weighted by Gasteiger charge is -2.26. The molecule has 0 radical (unpaired) electrons. The van der Waals surface area contributed by atoms with Gasteiger partial charge < -0.3 is 14.4 Å². The highest BCUT2D eigenvalue weighted by molar-refractivity contribution is 5.83. The molecule has 4 nitrogen and oxygen atoms in total. The van der Waals surface area contributed by atoms with E-state index in [-0.39, 0.29) is 6.61 Å². The van der Waals surface area contributed by atoms with Crippen LogP contribution in [0.3, 0.4) is 0 Å². The first-order valence-electron chi connectivity index (χ1n) is 6.86. The van der Waals surface area contributed by atoms with Crippen LogP contribution in [0.1, 0.15) is 5.56 Å². The Morgan fingerprint density at radius 3 is 2.74 bits per heavy atom. The number of hydrogen-bond donors (Lipinski definition) is 1. The van der Waals surface area contributed by atoms with Gasteiger partial charge in [0.25, 0.3) is 0 Å². The molecule has 1 aliphatic rings. The minimum absolute atomic E-state index is 0.102. The lowest BCUT2D eigenvalue weighted by molar-refractivity contribution is 0.0365. The van der Waals surface area contributed by atoms with E-state index in [4.69, 9.17) is 4.74 Å². The standard InChI is InChI=1S/C15H20N2O2/c18-12-13-2-1-3-15-14(13)4-5-17(15)7-6-16-8-10-19-11-9-16/h1-5,18H,6-12H2. The first-order chi connectivity index (χ1) is 9.38. The normalized spacial score (nSPS) is 17.1. The van der Waals surface area contributed by atoms with Crippen LogP contribution in [0.25, 0.3) is 10.9 Å². The second-order valence-corrected chi connectivity index (χ2v) is 4.97. The highest BCUT2D eigenvalue weighted by atomic mass is 16.5. The Hall–Kier alpha value is -1.36. The van der Waals surface area contributed by atoms with E-state index in [9.17, 15) is 5.11 Å². The van der Waals surface area contributed by atoms with Crippen LogP contribution in [0.5, 0.6) is 0 Å². The van der Waals surface area contributed by atoms with Gasteiger partial charge in [0.15, 0.2) is 0 Å². The van der Waals surface area contributed by atoms with Gasteiger partial charge in [0, 0.05) is 43.3 Å². The van der Waals surface area contributed by atoms with Gasteiger partial charge in [-0.05, 0) is 17.7 Å². The van der Waals surface area contributed by atoms with Crippen LogP contribution in [-0.2, 0) is 17.9 Å². The maximum atomic E-state index is 9.35. The van der Waals surface area contributed by atoms with Crippen molar-refractivity contribution >= 4 is 10.9 Å². The van der Waals surface area contributed by atoms with Crippen molar-refractivity contribution in [1.29, 1.82) is 0 Å². The van der Waals surface area contributed by atoms with Crippen LogP contribution in [0.2, 0.25) is 0 Å². The third-order valence-corrected chi connectivity index (χ3v) is 3.84. The summed E-state index contributed by atoms with van der Waals surface area (Å²) in [6.07, 6.45) is 2.12. The SMILES string of the molecule is OCc1cccc2c1ccn2CCN1CCOCC1. The van der Waals surface area contributed by atoms with E-state index in [0.717, 1.165) is 50.3 Å². The van der Waals surface area contributed by atoms with Gasteiger partial charge in [-0.25, -0.2) is 0 Å². The van der Waals surface area contributed by atoms with Crippen molar-refractivity contribution in [2.24, 2.45) is 0 Å². The molecular weight excluding hydrogens is 240 g/mol. The zero-order chi connectivity index (χ0) is 13.1. The van der Waals surface area contributed by atoms with E-state index in [1.54, 1.807) is 0 Å². The molecule has 0 amide bonds. The van der Waals surface area contributed by atoms with Gasteiger partial charge in [0.1, 0.15) is 0 Å². The number of aliphatic hydroxyl groups is 1. The Morgan fingerprint density at radius 2 is 1.95 bits per heavy atom. The maximum absolute atomic E-state index is 9.35. The van der Waals surface area contributed by atoms with E-state index in [1.807, 2.05) is 12.1 Å². The molecule has 1 aromatic carbocycles. The summed E-state index contributed by atoms with van der Waals surface area (Å²) in [5.41, 5.74) is 2.21. The molecule has 2 heterocycles. The third kappa shape index (κ3) is 2.66. The van der Waals surface area contributed by atoms with E-state index in [2.05, 4.69) is 27.8 Å². The molecule has 0 bridgehead atoms. The number of fused-ring (bicyclic) bond motifs is 1. The summed E-state index contributed by atoms with van der Waals surface area (Å²) in [5, 5.41) is 10.5. The molecule has 1 aromatic heterocycles. The first-order valence-corrected chi connectivity index (χ1v) is 6.86. The van der Waals surface area contributed by atoms with Crippen LogP contribution < -0.4 is 0 Å². The molecule has 0 saturated carbocycles. The molecule has 1 N–H and O–H groups in total. The second-order valence-electron chi connectivity index (χ2n) is 4.97. The average molecular weight is 260 g/mol. The van der Waals surface area contributed by atoms with Gasteiger partial charge >= 0.3 is 0 Å². The first kappa shape index (κ1) is 12.7. The van der Waals surface area contributed by atoms with Gasteiger partial charge in [0.2, 0.25) is 0 Å². The molecule has 0 spiro atoms. The van der Waals surface area contributed by atoms with Gasteiger partial charge in [-0.3, -0.25) is 4.90 Å². The lowest BCUT2D eigenvalue weighted by Crippen LogP contribution is -2.38. The van der Waals surface area contributed by atoms with Gasteiger partial charge in [0.05, 0.1) is 19.8 Å². The summed E-state index contributed by atoms with van der Waals surface area (Å²) in [6, 6.07) is 8.21. The predicted molar refractivity (Wildman–Crippen MR) is 75.1 cm³/mol. The molecule has 4 heteroatoms. The molecule has 2 aromatic rings. The van der Waals surface area contributed by atoms with E-state index >= 15 is 0 Å². The molecular formula is C15H20N2O2. The van der Waals surface area contributed by atoms with E-state index in [1.165, 1.54) is 5.52 Å². The summed E-state index contributed by atoms with van der Waals surface area (Å²) >= 11 is 0. The summed E-state index contributed by atoms with van der Waals surface area (Å²) < 4.78 is 7.63. The number of aliphatic hydroxyl groups excluding tert-OH is 1. The van der Waals surface area contributed by atoms with Gasteiger partial charge in [-0.15, -0.1) is 0 Å². The van der Waals surface area contributed by atoms with E-state index in [0.29, 0.717) is 0 Å². The molecule has 0 unspecified atom stereocenters. The third-order valence-electron chi connectivity index (χ3n) is 3.84. The fraction of sp³-hybridized carbons (Fsp3) is 0.467. The fourth-order valence-corrected chi connectivity index (χ4v) is 2.69. The van der Waals surface area contributed by atoms with Crippen molar-refractivity contribution in [3.8, 4) is 0 Å². The van der Waals surface area contributed by atoms with Crippen molar-refractivity contribution in [3.05, 3.63) is 36.0 Å². The average Bonchev–Trinajstić information content (AvgIpc) is 2.89. The van der Waals surface area contributed by atoms with Crippen molar-refractivity contribution in [2.45, 2.75) is 13.2 Å². The topological polar surface area (TPSA) is 37.6 Å². The fourth-order valence-electron chi connectivity index (χ4n) is 2.69. The number of nitrogens with zero attached hydrogens (tertiary/aromatic N) is 2. The molecule has 19 heavy (non-hydrogen) atoms. The maximum Gasteiger partial charge on any atom is 0.0688 e. The molecule has 0 aliphatic carbocycles. The Kier molecular flexibility index (Phi) is 3.82. The zero-order valence-corrected chi connectivity index (χ0v) is 11.1. The Labute approximate surface area is 113 Å². The van der Waals surface area contributed by atoms with Crippen LogP contribution in [0.4, 0.5) is 0 Å². The number of benzene rings is 1. The molecule has 102 valence electrons. The van der Waals surface area contributed by atoms with Crippen molar-refractivity contribution in [1.82, 2.24) is 9.47 Å². The molecule has 1 aliphatic heterocycles. The number of ether oxygens (including phenoxy) is 1. The smallest absolute Gasteiger partial charge is 0.0688 e. The lowest BCUT2D eigenvalue weighted by atomic mass is 10.1. The van der Waals surface area contributed by atoms with Crippen LogP contribution in [0.15, 0.2) is 30.5 Å². The zero-order valence-electron chi connectivity index (χ0n) is 11.1. The minimum Gasteiger partial charge on any atom is -0.392 e. The van der Waals surface area contributed by atoms with E-state index < -0.39 is 0 Å². The summed E-state index contributed by atoms with van der Waals surface area (Å²) in [4.78, 5) is 2.44. The number of morpholine rings is 1. The molecule has 1 saturated heterocycles. The van der Waals surface area contributed by atoms with Crippen molar-refractivity contribution in [3.63, 3.8) is 0 Å². The predicted octanol–water partition coefficient (Wildman–Crippen LogP) is 1.47.